The number of pyridine rings is 1. The molecular weight excluding hydrogens is 472 g/mol. The van der Waals surface area contributed by atoms with Gasteiger partial charge in [0.2, 0.25) is 10.0 Å². The Balaban J connectivity index is 1.33. The highest BCUT2D eigenvalue weighted by Gasteiger charge is 2.38. The Kier molecular flexibility index (Phi) is 7.00. The molecule has 1 saturated carbocycles. The summed E-state index contributed by atoms with van der Waals surface area (Å²) in [6, 6.07) is 15.7. The minimum Gasteiger partial charge on any atom is -0.434 e. The maximum atomic E-state index is 13.9. The van der Waals surface area contributed by atoms with Crippen molar-refractivity contribution in [3.8, 4) is 5.75 Å². The molecule has 0 N–H and O–H groups in total. The fraction of sp³-hybridized carbons (Fsp3) is 0.423. The molecule has 0 atom stereocenters. The Morgan fingerprint density at radius 1 is 1.00 bits per heavy atom. The largest absolute Gasteiger partial charge is 0.434 e. The number of aromatic nitrogens is 1. The Hall–Kier alpha value is -2.62. The van der Waals surface area contributed by atoms with Crippen molar-refractivity contribution in [1.29, 1.82) is 0 Å². The van der Waals surface area contributed by atoms with Crippen LogP contribution in [0.2, 0.25) is 0 Å². The summed E-state index contributed by atoms with van der Waals surface area (Å²) >= 11 is 0. The van der Waals surface area contributed by atoms with Crippen molar-refractivity contribution in [2.75, 3.05) is 19.6 Å². The number of benzene rings is 2. The van der Waals surface area contributed by atoms with E-state index in [1.807, 2.05) is 18.2 Å². The number of fused-ring (bicyclic) bond motifs is 1. The van der Waals surface area contributed by atoms with Crippen LogP contribution in [0, 0.1) is 5.92 Å². The second-order valence-corrected chi connectivity index (χ2v) is 11.2. The van der Waals surface area contributed by atoms with E-state index >= 15 is 0 Å². The maximum absolute atomic E-state index is 13.9. The number of para-hydroxylation sites is 2. The quantitative estimate of drug-likeness (QED) is 0.417. The SMILES string of the molecule is O=S(=O)(c1cccc2cccnc12)N(CC1CC1)C1CCN(Cc2ccccc2OC(F)F)CC1. The van der Waals surface area contributed by atoms with Crippen molar-refractivity contribution in [1.82, 2.24) is 14.2 Å². The molecule has 1 saturated heterocycles. The molecule has 186 valence electrons. The van der Waals surface area contributed by atoms with Crippen LogP contribution in [-0.4, -0.2) is 54.9 Å². The first-order chi connectivity index (χ1) is 16.9. The fourth-order valence-electron chi connectivity index (χ4n) is 4.86. The summed E-state index contributed by atoms with van der Waals surface area (Å²) in [6.07, 6.45) is 5.10. The molecule has 1 aromatic heterocycles. The average Bonchev–Trinajstić information content (AvgIpc) is 3.68. The average molecular weight is 502 g/mol. The maximum Gasteiger partial charge on any atom is 0.387 e. The van der Waals surface area contributed by atoms with Gasteiger partial charge in [0, 0.05) is 49.4 Å². The van der Waals surface area contributed by atoms with Crippen molar-refractivity contribution in [3.63, 3.8) is 0 Å². The van der Waals surface area contributed by atoms with Crippen LogP contribution in [0.15, 0.2) is 65.7 Å². The van der Waals surface area contributed by atoms with Crippen LogP contribution in [-0.2, 0) is 16.6 Å². The molecule has 0 unspecified atom stereocenters. The molecule has 1 aliphatic carbocycles. The van der Waals surface area contributed by atoms with E-state index in [1.165, 1.54) is 0 Å². The molecule has 35 heavy (non-hydrogen) atoms. The minimum absolute atomic E-state index is 0.108. The first kappa shape index (κ1) is 24.1. The summed E-state index contributed by atoms with van der Waals surface area (Å²) in [5.74, 6) is 0.593. The lowest BCUT2D eigenvalue weighted by atomic mass is 10.0. The molecular formula is C26H29F2N3O3S. The highest BCUT2D eigenvalue weighted by molar-refractivity contribution is 7.89. The molecule has 1 aliphatic heterocycles. The highest BCUT2D eigenvalue weighted by Crippen LogP contribution is 2.36. The number of nitrogens with zero attached hydrogens (tertiary/aromatic N) is 3. The molecule has 5 rings (SSSR count). The van der Waals surface area contributed by atoms with E-state index in [0.29, 0.717) is 56.0 Å². The molecule has 6 nitrogen and oxygen atoms in total. The van der Waals surface area contributed by atoms with Crippen LogP contribution in [0.5, 0.6) is 5.75 Å². The van der Waals surface area contributed by atoms with Gasteiger partial charge in [-0.05, 0) is 49.8 Å². The van der Waals surface area contributed by atoms with E-state index in [-0.39, 0.29) is 16.7 Å². The second-order valence-electron chi connectivity index (χ2n) is 9.34. The van der Waals surface area contributed by atoms with Crippen molar-refractivity contribution in [2.45, 2.75) is 49.8 Å². The highest BCUT2D eigenvalue weighted by atomic mass is 32.2. The van der Waals surface area contributed by atoms with Gasteiger partial charge in [-0.15, -0.1) is 0 Å². The fourth-order valence-corrected chi connectivity index (χ4v) is 6.79. The molecule has 2 aromatic carbocycles. The van der Waals surface area contributed by atoms with Gasteiger partial charge in [0.1, 0.15) is 10.6 Å². The Morgan fingerprint density at radius 2 is 1.74 bits per heavy atom. The van der Waals surface area contributed by atoms with Gasteiger partial charge in [0.25, 0.3) is 0 Å². The zero-order chi connectivity index (χ0) is 24.4. The first-order valence-corrected chi connectivity index (χ1v) is 13.5. The number of likely N-dealkylation sites (tertiary alicyclic amines) is 1. The number of sulfonamides is 1. The zero-order valence-corrected chi connectivity index (χ0v) is 20.2. The third-order valence-corrected chi connectivity index (χ3v) is 8.81. The minimum atomic E-state index is -3.73. The van der Waals surface area contributed by atoms with Gasteiger partial charge < -0.3 is 4.74 Å². The Labute approximate surface area is 204 Å². The van der Waals surface area contributed by atoms with Crippen molar-refractivity contribution >= 4 is 20.9 Å². The van der Waals surface area contributed by atoms with Crippen LogP contribution in [0.3, 0.4) is 0 Å². The standard InChI is InChI=1S/C26H29F2N3O3S/c27-26(28)34-23-8-2-1-5-21(23)18-30-15-12-22(13-16-30)31(17-19-10-11-19)35(32,33)24-9-3-6-20-7-4-14-29-25(20)24/h1-9,14,19,22,26H,10-13,15-18H2. The third-order valence-electron chi connectivity index (χ3n) is 6.86. The van der Waals surface area contributed by atoms with Crippen molar-refractivity contribution in [3.05, 3.63) is 66.4 Å². The van der Waals surface area contributed by atoms with Gasteiger partial charge in [-0.1, -0.05) is 36.4 Å². The summed E-state index contributed by atoms with van der Waals surface area (Å²) < 4.78 is 59.8. The van der Waals surface area contributed by atoms with Gasteiger partial charge in [0.05, 0.1) is 5.52 Å². The molecule has 0 spiro atoms. The third kappa shape index (κ3) is 5.47. The van der Waals surface area contributed by atoms with E-state index in [9.17, 15) is 17.2 Å². The molecule has 0 bridgehead atoms. The number of hydrogen-bond donors (Lipinski definition) is 0. The van der Waals surface area contributed by atoms with Gasteiger partial charge in [-0.3, -0.25) is 9.88 Å². The Morgan fingerprint density at radius 3 is 2.49 bits per heavy atom. The number of halogens is 2. The van der Waals surface area contributed by atoms with Gasteiger partial charge in [-0.2, -0.15) is 13.1 Å². The number of alkyl halides is 2. The van der Waals surface area contributed by atoms with Crippen LogP contribution in [0.25, 0.3) is 10.9 Å². The summed E-state index contributed by atoms with van der Waals surface area (Å²) in [7, 11) is -3.73. The van der Waals surface area contributed by atoms with Crippen LogP contribution < -0.4 is 4.74 Å². The monoisotopic (exact) mass is 501 g/mol. The van der Waals surface area contributed by atoms with Crippen LogP contribution in [0.4, 0.5) is 8.78 Å². The predicted octanol–water partition coefficient (Wildman–Crippen LogP) is 4.90. The van der Waals surface area contributed by atoms with Gasteiger partial charge in [-0.25, -0.2) is 8.42 Å². The number of ether oxygens (including phenoxy) is 1. The van der Waals surface area contributed by atoms with E-state index in [2.05, 4.69) is 14.6 Å². The zero-order valence-electron chi connectivity index (χ0n) is 19.4. The number of piperidine rings is 1. The molecule has 3 aromatic rings. The summed E-state index contributed by atoms with van der Waals surface area (Å²) in [5, 5.41) is 0.805. The van der Waals surface area contributed by atoms with Gasteiger partial charge >= 0.3 is 6.61 Å². The Bertz CT molecular complexity index is 1270. The lowest BCUT2D eigenvalue weighted by molar-refractivity contribution is -0.0508. The first-order valence-electron chi connectivity index (χ1n) is 12.0. The molecule has 0 radical (unpaired) electrons. The normalized spacial score (nSPS) is 17.9. The van der Waals surface area contributed by atoms with E-state index in [4.69, 9.17) is 0 Å². The smallest absolute Gasteiger partial charge is 0.387 e. The summed E-state index contributed by atoms with van der Waals surface area (Å²) in [6.45, 7) is -0.498. The summed E-state index contributed by atoms with van der Waals surface area (Å²) in [4.78, 5) is 6.81. The molecule has 0 amide bonds. The molecule has 2 fully saturated rings. The second kappa shape index (κ2) is 10.2. The molecule has 2 aliphatic rings. The molecule has 2 heterocycles. The topological polar surface area (TPSA) is 62.7 Å². The number of hydrogen-bond acceptors (Lipinski definition) is 5. The van der Waals surface area contributed by atoms with Gasteiger partial charge in [0.15, 0.2) is 0 Å². The van der Waals surface area contributed by atoms with E-state index < -0.39 is 16.6 Å². The van der Waals surface area contributed by atoms with Crippen molar-refractivity contribution < 1.29 is 21.9 Å². The van der Waals surface area contributed by atoms with E-state index in [1.54, 1.807) is 46.9 Å². The summed E-state index contributed by atoms with van der Waals surface area (Å²) in [5.41, 5.74) is 1.21. The van der Waals surface area contributed by atoms with Crippen LogP contribution >= 0.6 is 0 Å². The predicted molar refractivity (Wildman–Crippen MR) is 130 cm³/mol. The number of rotatable bonds is 9. The lowest BCUT2D eigenvalue weighted by Crippen LogP contribution is -2.48. The lowest BCUT2D eigenvalue weighted by Gasteiger charge is -2.38. The van der Waals surface area contributed by atoms with Crippen molar-refractivity contribution in [2.24, 2.45) is 5.92 Å². The molecule has 9 heteroatoms. The van der Waals surface area contributed by atoms with Crippen LogP contribution in [0.1, 0.15) is 31.2 Å². The van der Waals surface area contributed by atoms with E-state index in [0.717, 1.165) is 18.2 Å².